The van der Waals surface area contributed by atoms with Gasteiger partial charge in [0, 0.05) is 32.1 Å². The molecule has 5 nitrogen and oxygen atoms in total. The Hall–Kier alpha value is -7.33. The Morgan fingerprint density at radius 2 is 0.931 bits per heavy atom. The van der Waals surface area contributed by atoms with Gasteiger partial charge in [-0.25, -0.2) is 9.97 Å². The summed E-state index contributed by atoms with van der Waals surface area (Å²) in [6.45, 7) is 0. The van der Waals surface area contributed by atoms with Crippen LogP contribution in [0.5, 0.6) is 0 Å². The quantitative estimate of drug-likeness (QED) is 0.164. The van der Waals surface area contributed by atoms with Crippen molar-refractivity contribution in [1.29, 1.82) is 0 Å². The molecule has 3 aromatic heterocycles. The minimum Gasteiger partial charge on any atom is -0.309 e. The maximum Gasteiger partial charge on any atom is 0.221 e. The smallest absolute Gasteiger partial charge is 0.221 e. The van der Waals surface area contributed by atoms with Crippen molar-refractivity contribution in [3.8, 4) is 17.1 Å². The zero-order chi connectivity index (χ0) is 38.4. The summed E-state index contributed by atoms with van der Waals surface area (Å²) in [7, 11) is -3.35. The number of hydrogen-bond donors (Lipinski definition) is 0. The van der Waals surface area contributed by atoms with Crippen molar-refractivity contribution in [2.45, 2.75) is 0 Å². The normalized spacial score (nSPS) is 12.2. The number of nitrogens with zero attached hydrogens (tertiary/aromatic N) is 4. The molecule has 0 amide bonds. The van der Waals surface area contributed by atoms with Crippen LogP contribution in [0.15, 0.2) is 200 Å². The SMILES string of the molecule is O=P(c1ccc(-c2ccc3c(c2)c2ccccc2n3-c2nc3ccccc3c3nc4ccccc4n23)cc1)(c1cccc2ccccc12)c1cccc2ccccc12. The fourth-order valence-electron chi connectivity index (χ4n) is 9.08. The number of imidazole rings is 1. The standard InChI is InChI=1S/C52H33N4OP/c57-58(49-25-11-15-35-13-1-3-17-39(35)49,50-26-12-16-36-14-2-4-18-40(36)50)38-30-27-34(28-31-38)37-29-32-47-43(33-37)41-19-6-9-23-46(41)55(47)52-54-44-21-7-5-20-42(44)51-53-45-22-8-10-24-48(45)56(51)52/h1-33H. The molecule has 3 heterocycles. The lowest BCUT2D eigenvalue weighted by Gasteiger charge is -2.23. The maximum absolute atomic E-state index is 16.2. The average molecular weight is 761 g/mol. The second kappa shape index (κ2) is 12.6. The van der Waals surface area contributed by atoms with E-state index < -0.39 is 7.14 Å². The van der Waals surface area contributed by atoms with E-state index in [0.29, 0.717) is 0 Å². The molecule has 6 heteroatoms. The van der Waals surface area contributed by atoms with Gasteiger partial charge in [-0.1, -0.05) is 158 Å². The fourth-order valence-corrected chi connectivity index (χ4v) is 12.1. The molecule has 0 aliphatic carbocycles. The second-order valence-electron chi connectivity index (χ2n) is 14.9. The molecule has 0 atom stereocenters. The number of aromatic nitrogens is 4. The van der Waals surface area contributed by atoms with Crippen molar-refractivity contribution in [2.24, 2.45) is 0 Å². The van der Waals surface area contributed by atoms with Crippen LogP contribution in [-0.4, -0.2) is 18.9 Å². The lowest BCUT2D eigenvalue weighted by molar-refractivity contribution is 0.593. The summed E-state index contributed by atoms with van der Waals surface area (Å²) in [6.07, 6.45) is 0. The number of rotatable bonds is 5. The van der Waals surface area contributed by atoms with Gasteiger partial charge in [-0.05, 0) is 75.1 Å². The van der Waals surface area contributed by atoms with Gasteiger partial charge in [0.15, 0.2) is 7.14 Å². The van der Waals surface area contributed by atoms with Crippen LogP contribution in [0.2, 0.25) is 0 Å². The van der Waals surface area contributed by atoms with Crippen molar-refractivity contribution >= 4 is 94.0 Å². The van der Waals surface area contributed by atoms with Crippen molar-refractivity contribution in [1.82, 2.24) is 18.9 Å². The van der Waals surface area contributed by atoms with Crippen molar-refractivity contribution in [3.05, 3.63) is 200 Å². The molecule has 0 fully saturated rings. The number of fused-ring (bicyclic) bond motifs is 10. The van der Waals surface area contributed by atoms with E-state index in [1.54, 1.807) is 0 Å². The van der Waals surface area contributed by atoms with Gasteiger partial charge in [-0.3, -0.25) is 8.97 Å². The van der Waals surface area contributed by atoms with Gasteiger partial charge in [0.05, 0.1) is 27.6 Å². The summed E-state index contributed by atoms with van der Waals surface area (Å²) in [4.78, 5) is 10.4. The Bertz CT molecular complexity index is 3580. The maximum atomic E-state index is 16.2. The van der Waals surface area contributed by atoms with Crippen LogP contribution in [0, 0.1) is 0 Å². The third-order valence-corrected chi connectivity index (χ3v) is 14.9. The summed E-state index contributed by atoms with van der Waals surface area (Å²) in [6, 6.07) is 69.0. The summed E-state index contributed by atoms with van der Waals surface area (Å²) >= 11 is 0. The molecule has 0 N–H and O–H groups in total. The number of hydrogen-bond acceptors (Lipinski definition) is 3. The van der Waals surface area contributed by atoms with E-state index >= 15 is 4.57 Å². The molecule has 0 aliphatic heterocycles. The third kappa shape index (κ3) is 4.75. The first-order valence-electron chi connectivity index (χ1n) is 19.5. The van der Waals surface area contributed by atoms with Crippen LogP contribution in [0.1, 0.15) is 0 Å². The lowest BCUT2D eigenvalue weighted by atomic mass is 10.0. The largest absolute Gasteiger partial charge is 0.309 e. The molecule has 12 aromatic rings. The number of para-hydroxylation sites is 4. The molecule has 12 rings (SSSR count). The first kappa shape index (κ1) is 32.9. The van der Waals surface area contributed by atoms with Crippen molar-refractivity contribution in [3.63, 3.8) is 0 Å². The van der Waals surface area contributed by atoms with E-state index in [1.807, 2.05) is 66.7 Å². The molecule has 0 saturated heterocycles. The Morgan fingerprint density at radius 3 is 1.64 bits per heavy atom. The van der Waals surface area contributed by atoms with E-state index in [9.17, 15) is 0 Å². The molecule has 0 unspecified atom stereocenters. The predicted molar refractivity (Wildman–Crippen MR) is 242 cm³/mol. The highest BCUT2D eigenvalue weighted by Gasteiger charge is 2.33. The topological polar surface area (TPSA) is 52.2 Å². The Balaban J connectivity index is 1.05. The van der Waals surface area contributed by atoms with Crippen molar-refractivity contribution < 1.29 is 4.57 Å². The van der Waals surface area contributed by atoms with E-state index in [0.717, 1.165) is 104 Å². The Morgan fingerprint density at radius 1 is 0.397 bits per heavy atom. The molecule has 58 heavy (non-hydrogen) atoms. The second-order valence-corrected chi connectivity index (χ2v) is 17.6. The zero-order valence-electron chi connectivity index (χ0n) is 31.2. The van der Waals surface area contributed by atoms with Gasteiger partial charge >= 0.3 is 0 Å². The number of benzene rings is 9. The molecule has 0 bridgehead atoms. The van der Waals surface area contributed by atoms with Gasteiger partial charge in [-0.15, -0.1) is 0 Å². The molecule has 0 saturated carbocycles. The van der Waals surface area contributed by atoms with Gasteiger partial charge in [-0.2, -0.15) is 0 Å². The highest BCUT2D eigenvalue weighted by atomic mass is 31.2. The van der Waals surface area contributed by atoms with E-state index in [2.05, 4.69) is 142 Å². The van der Waals surface area contributed by atoms with E-state index in [4.69, 9.17) is 9.97 Å². The molecular formula is C52H33N4OP. The van der Waals surface area contributed by atoms with Crippen LogP contribution in [0.3, 0.4) is 0 Å². The molecule has 0 aliphatic rings. The first-order chi connectivity index (χ1) is 28.6. The van der Waals surface area contributed by atoms with Crippen LogP contribution in [0.25, 0.3) is 88.0 Å². The summed E-state index contributed by atoms with van der Waals surface area (Å²) < 4.78 is 20.6. The minimum atomic E-state index is -3.35. The highest BCUT2D eigenvalue weighted by Crippen LogP contribution is 2.47. The fraction of sp³-hybridized carbons (Fsp3) is 0. The summed E-state index contributed by atoms with van der Waals surface area (Å²) in [5.74, 6) is 0.795. The Labute approximate surface area is 333 Å². The molecular weight excluding hydrogens is 728 g/mol. The highest BCUT2D eigenvalue weighted by molar-refractivity contribution is 7.86. The molecule has 272 valence electrons. The van der Waals surface area contributed by atoms with Crippen LogP contribution >= 0.6 is 7.14 Å². The van der Waals surface area contributed by atoms with Gasteiger partial charge < -0.3 is 4.57 Å². The summed E-state index contributed by atoms with van der Waals surface area (Å²) in [5, 5.41) is 9.96. The lowest BCUT2D eigenvalue weighted by Crippen LogP contribution is -2.26. The van der Waals surface area contributed by atoms with Gasteiger partial charge in [0.25, 0.3) is 0 Å². The van der Waals surface area contributed by atoms with Crippen LogP contribution < -0.4 is 15.9 Å². The zero-order valence-corrected chi connectivity index (χ0v) is 32.1. The average Bonchev–Trinajstić information content (AvgIpc) is 3.85. The predicted octanol–water partition coefficient (Wildman–Crippen LogP) is 11.7. The summed E-state index contributed by atoms with van der Waals surface area (Å²) in [5.41, 5.74) is 7.98. The monoisotopic (exact) mass is 760 g/mol. The molecule has 0 radical (unpaired) electrons. The van der Waals surface area contributed by atoms with Gasteiger partial charge in [0.1, 0.15) is 5.65 Å². The van der Waals surface area contributed by atoms with Crippen molar-refractivity contribution in [2.75, 3.05) is 0 Å². The van der Waals surface area contributed by atoms with E-state index in [1.165, 1.54) is 0 Å². The van der Waals surface area contributed by atoms with E-state index in [-0.39, 0.29) is 0 Å². The third-order valence-electron chi connectivity index (χ3n) is 11.8. The molecule has 9 aromatic carbocycles. The van der Waals surface area contributed by atoms with Crippen LogP contribution in [-0.2, 0) is 4.57 Å². The molecule has 0 spiro atoms. The Kier molecular flexibility index (Phi) is 7.14. The minimum absolute atomic E-state index is 0.795. The van der Waals surface area contributed by atoms with Crippen LogP contribution in [0.4, 0.5) is 0 Å². The first-order valence-corrected chi connectivity index (χ1v) is 21.2. The van der Waals surface area contributed by atoms with Gasteiger partial charge in [0.2, 0.25) is 5.95 Å².